The van der Waals surface area contributed by atoms with Crippen LogP contribution < -0.4 is 10.1 Å². The van der Waals surface area contributed by atoms with Crippen LogP contribution in [0.2, 0.25) is 0 Å². The number of carbonyl (C=O) groups excluding carboxylic acids is 2. The summed E-state index contributed by atoms with van der Waals surface area (Å²) in [4.78, 5) is 31.9. The third-order valence-corrected chi connectivity index (χ3v) is 8.15. The average molecular weight is 540 g/mol. The van der Waals surface area contributed by atoms with E-state index in [1.54, 1.807) is 4.90 Å². The van der Waals surface area contributed by atoms with E-state index in [0.717, 1.165) is 19.0 Å². The van der Waals surface area contributed by atoms with Crippen LogP contribution in [0.25, 0.3) is 11.3 Å². The maximum Gasteiger partial charge on any atom is 0.417 e. The number of nitrogens with zero attached hydrogens (tertiary/aromatic N) is 3. The minimum Gasteiger partial charge on any atom is -0.481 e. The molecule has 2 unspecified atom stereocenters. The van der Waals surface area contributed by atoms with Gasteiger partial charge < -0.3 is 20.1 Å². The third-order valence-electron chi connectivity index (χ3n) is 8.15. The highest BCUT2D eigenvalue weighted by Crippen LogP contribution is 2.42. The van der Waals surface area contributed by atoms with Gasteiger partial charge in [-0.15, -0.1) is 0 Å². The molecule has 0 spiro atoms. The van der Waals surface area contributed by atoms with Crippen LogP contribution in [0.1, 0.15) is 61.9 Å². The Kier molecular flexibility index (Phi) is 6.82. The van der Waals surface area contributed by atoms with E-state index in [2.05, 4.69) is 20.5 Å². The van der Waals surface area contributed by atoms with Crippen LogP contribution in [0.4, 0.5) is 17.6 Å². The number of halogens is 4. The van der Waals surface area contributed by atoms with Crippen molar-refractivity contribution in [3.63, 3.8) is 0 Å². The quantitative estimate of drug-likeness (QED) is 0.502. The summed E-state index contributed by atoms with van der Waals surface area (Å²) >= 11 is 0. The standard InChI is InChI=1S/C25H29F4N5O4/c1-38-21-10-17(18(26)12-30-21)19-11-20(33-32-19)23(36)34-15-2-3-16(34)9-13(8-15)22(35)31-14-4-6-24(37,7-5-14)25(27,28)29/h10-16,37H,2-9H2,1H3,(H,31,35)(H,32,33)/t13?,14?,15-,16?,24?/m1/s1. The van der Waals surface area contributed by atoms with Crippen LogP contribution in [0.3, 0.4) is 0 Å². The number of pyridine rings is 1. The minimum atomic E-state index is -4.69. The van der Waals surface area contributed by atoms with Gasteiger partial charge in [-0.25, -0.2) is 9.37 Å². The van der Waals surface area contributed by atoms with Crippen LogP contribution in [0.5, 0.6) is 5.88 Å². The van der Waals surface area contributed by atoms with Crippen molar-refractivity contribution < 1.29 is 37.0 Å². The zero-order chi connectivity index (χ0) is 27.2. The van der Waals surface area contributed by atoms with E-state index in [9.17, 15) is 32.3 Å². The molecule has 2 saturated heterocycles. The number of aromatic nitrogens is 3. The third kappa shape index (κ3) is 4.83. The highest BCUT2D eigenvalue weighted by atomic mass is 19.4. The highest BCUT2D eigenvalue weighted by Gasteiger charge is 2.55. The molecule has 3 atom stereocenters. The second-order valence-corrected chi connectivity index (χ2v) is 10.5. The number of aliphatic hydroxyl groups is 1. The molecule has 1 aliphatic carbocycles. The number of amides is 2. The lowest BCUT2D eigenvalue weighted by molar-refractivity contribution is -0.270. The fraction of sp³-hybridized carbons (Fsp3) is 0.600. The smallest absolute Gasteiger partial charge is 0.417 e. The normalized spacial score (nSPS) is 29.3. The van der Waals surface area contributed by atoms with Crippen LogP contribution >= 0.6 is 0 Å². The maximum absolute atomic E-state index is 14.3. The Morgan fingerprint density at radius 1 is 1.16 bits per heavy atom. The predicted molar refractivity (Wildman–Crippen MR) is 125 cm³/mol. The molecule has 4 heterocycles. The average Bonchev–Trinajstić information content (AvgIpc) is 3.47. The minimum absolute atomic E-state index is 0.0536. The van der Waals surface area contributed by atoms with Crippen LogP contribution in [-0.4, -0.2) is 74.0 Å². The summed E-state index contributed by atoms with van der Waals surface area (Å²) in [6.45, 7) is 0. The molecule has 2 aromatic heterocycles. The van der Waals surface area contributed by atoms with Gasteiger partial charge in [0.15, 0.2) is 11.4 Å². The molecule has 2 aromatic rings. The molecule has 38 heavy (non-hydrogen) atoms. The predicted octanol–water partition coefficient (Wildman–Crippen LogP) is 3.35. The molecule has 13 heteroatoms. The fourth-order valence-electron chi connectivity index (χ4n) is 6.00. The Morgan fingerprint density at radius 2 is 1.82 bits per heavy atom. The van der Waals surface area contributed by atoms with Crippen molar-refractivity contribution in [3.05, 3.63) is 29.8 Å². The molecule has 2 aliphatic heterocycles. The topological polar surface area (TPSA) is 120 Å². The van der Waals surface area contributed by atoms with E-state index >= 15 is 0 Å². The van der Waals surface area contributed by atoms with Gasteiger partial charge >= 0.3 is 6.18 Å². The zero-order valence-corrected chi connectivity index (χ0v) is 20.7. The first-order chi connectivity index (χ1) is 18.0. The Labute approximate surface area is 215 Å². The van der Waals surface area contributed by atoms with Gasteiger partial charge in [0.1, 0.15) is 5.69 Å². The molecule has 1 saturated carbocycles. The molecule has 206 valence electrons. The molecule has 3 aliphatic rings. The summed E-state index contributed by atoms with van der Waals surface area (Å²) in [6, 6.07) is 2.12. The number of nitrogens with one attached hydrogen (secondary N) is 2. The van der Waals surface area contributed by atoms with E-state index in [0.29, 0.717) is 12.8 Å². The van der Waals surface area contributed by atoms with Crippen molar-refractivity contribution in [1.29, 1.82) is 0 Å². The van der Waals surface area contributed by atoms with Gasteiger partial charge in [0.05, 0.1) is 19.0 Å². The van der Waals surface area contributed by atoms with Crippen molar-refractivity contribution in [3.8, 4) is 17.1 Å². The first-order valence-electron chi connectivity index (χ1n) is 12.7. The Bertz CT molecular complexity index is 1200. The van der Waals surface area contributed by atoms with E-state index in [1.165, 1.54) is 19.2 Å². The first kappa shape index (κ1) is 26.4. The lowest BCUT2D eigenvalue weighted by Gasteiger charge is -2.40. The van der Waals surface area contributed by atoms with Gasteiger partial charge in [0.2, 0.25) is 11.8 Å². The number of methoxy groups -OCH3 is 1. The molecule has 2 bridgehead atoms. The summed E-state index contributed by atoms with van der Waals surface area (Å²) in [7, 11) is 1.41. The number of H-pyrrole nitrogens is 1. The number of carbonyl (C=O) groups is 2. The summed E-state index contributed by atoms with van der Waals surface area (Å²) < 4.78 is 58.5. The van der Waals surface area contributed by atoms with Gasteiger partial charge in [0.25, 0.3) is 5.91 Å². The van der Waals surface area contributed by atoms with E-state index in [-0.39, 0.29) is 65.5 Å². The van der Waals surface area contributed by atoms with Crippen LogP contribution in [-0.2, 0) is 4.79 Å². The van der Waals surface area contributed by atoms with Crippen molar-refractivity contribution >= 4 is 11.8 Å². The summed E-state index contributed by atoms with van der Waals surface area (Å²) in [6.07, 6.45) is -2.08. The van der Waals surface area contributed by atoms with Gasteiger partial charge in [-0.05, 0) is 57.4 Å². The molecule has 0 radical (unpaired) electrons. The number of piperidine rings is 1. The van der Waals surface area contributed by atoms with Crippen molar-refractivity contribution in [2.45, 2.75) is 81.3 Å². The Balaban J connectivity index is 1.20. The second kappa shape index (κ2) is 9.83. The zero-order valence-electron chi connectivity index (χ0n) is 20.7. The molecule has 5 rings (SSSR count). The number of fused-ring (bicyclic) bond motifs is 2. The van der Waals surface area contributed by atoms with Crippen molar-refractivity contribution in [2.24, 2.45) is 5.92 Å². The van der Waals surface area contributed by atoms with Crippen LogP contribution in [0, 0.1) is 11.7 Å². The van der Waals surface area contributed by atoms with E-state index in [4.69, 9.17) is 4.74 Å². The Hall–Kier alpha value is -3.22. The molecular formula is C25H29F4N5O4. The molecular weight excluding hydrogens is 510 g/mol. The van der Waals surface area contributed by atoms with E-state index in [1.807, 2.05) is 0 Å². The summed E-state index contributed by atoms with van der Waals surface area (Å²) in [5, 5.41) is 19.5. The van der Waals surface area contributed by atoms with Gasteiger partial charge in [-0.1, -0.05) is 0 Å². The Morgan fingerprint density at radius 3 is 2.42 bits per heavy atom. The van der Waals surface area contributed by atoms with Gasteiger partial charge in [-0.2, -0.15) is 18.3 Å². The molecule has 2 amide bonds. The SMILES string of the molecule is COc1cc(-c2cc(C(=O)N3C4CC[C@@H]3CC(C(=O)NC3CCC(O)(C(F)(F)F)CC3)C4)[nH]n2)c(F)cn1. The monoisotopic (exact) mass is 539 g/mol. The lowest BCUT2D eigenvalue weighted by atomic mass is 9.81. The van der Waals surface area contributed by atoms with E-state index < -0.39 is 36.5 Å². The first-order valence-corrected chi connectivity index (χ1v) is 12.7. The van der Waals surface area contributed by atoms with Gasteiger partial charge in [-0.3, -0.25) is 14.7 Å². The number of ether oxygens (including phenoxy) is 1. The van der Waals surface area contributed by atoms with Crippen molar-refractivity contribution in [2.75, 3.05) is 7.11 Å². The maximum atomic E-state index is 14.3. The highest BCUT2D eigenvalue weighted by molar-refractivity contribution is 5.94. The summed E-state index contributed by atoms with van der Waals surface area (Å²) in [5.74, 6) is -1.25. The molecule has 3 fully saturated rings. The largest absolute Gasteiger partial charge is 0.481 e. The van der Waals surface area contributed by atoms with Gasteiger partial charge in [0, 0.05) is 35.7 Å². The number of rotatable bonds is 5. The van der Waals surface area contributed by atoms with Crippen LogP contribution in [0.15, 0.2) is 18.3 Å². The number of hydrogen-bond donors (Lipinski definition) is 3. The molecule has 0 aromatic carbocycles. The van der Waals surface area contributed by atoms with Crippen molar-refractivity contribution in [1.82, 2.24) is 25.4 Å². The lowest BCUT2D eigenvalue weighted by Crippen LogP contribution is -2.53. The number of alkyl halides is 3. The molecule has 9 nitrogen and oxygen atoms in total. The fourth-order valence-corrected chi connectivity index (χ4v) is 6.00. The summed E-state index contributed by atoms with van der Waals surface area (Å²) in [5.41, 5.74) is -2.12. The number of hydrogen-bond acceptors (Lipinski definition) is 6. The molecule has 3 N–H and O–H groups in total. The second-order valence-electron chi connectivity index (χ2n) is 10.5. The number of aromatic amines is 1.